The summed E-state index contributed by atoms with van der Waals surface area (Å²) in [7, 11) is 0. The third kappa shape index (κ3) is 4.53. The maximum Gasteiger partial charge on any atom is 0.359 e. The quantitative estimate of drug-likeness (QED) is 0.439. The molecule has 1 aromatic carbocycles. The molecule has 1 saturated heterocycles. The van der Waals surface area contributed by atoms with E-state index in [-0.39, 0.29) is 6.61 Å². The van der Waals surface area contributed by atoms with Gasteiger partial charge in [-0.15, -0.1) is 0 Å². The summed E-state index contributed by atoms with van der Waals surface area (Å²) >= 11 is 0. The number of carbonyl (C=O) groups excluding carboxylic acids is 4. The van der Waals surface area contributed by atoms with Gasteiger partial charge in [-0.1, -0.05) is 42.5 Å². The largest absolute Gasteiger partial charge is 0.465 e. The smallest absolute Gasteiger partial charge is 0.359 e. The molecule has 0 amide bonds. The van der Waals surface area contributed by atoms with Crippen LogP contribution in [0.5, 0.6) is 0 Å². The highest BCUT2D eigenvalue weighted by molar-refractivity contribution is 6.01. The molecule has 1 fully saturated rings. The predicted octanol–water partition coefficient (Wildman–Crippen LogP) is 1.65. The van der Waals surface area contributed by atoms with Crippen LogP contribution in [0, 0.1) is 5.92 Å². The van der Waals surface area contributed by atoms with E-state index < -0.39 is 41.8 Å². The molecular weight excluding hydrogens is 328 g/mol. The van der Waals surface area contributed by atoms with Crippen molar-refractivity contribution < 1.29 is 33.4 Å². The SMILES string of the molecule is CC(=O)OC[C@@H](/C=C/c1ccccc1)[C@@]1(OC(C)=O)CC(=O)OC1=O. The van der Waals surface area contributed by atoms with Crippen LogP contribution in [-0.4, -0.2) is 36.1 Å². The third-order valence-electron chi connectivity index (χ3n) is 3.67. The third-order valence-corrected chi connectivity index (χ3v) is 3.67. The molecule has 1 heterocycles. The van der Waals surface area contributed by atoms with Crippen molar-refractivity contribution in [1.82, 2.24) is 0 Å². The van der Waals surface area contributed by atoms with Gasteiger partial charge in [0.05, 0.1) is 12.3 Å². The second kappa shape index (κ2) is 7.74. The molecular formula is C18H18O7. The lowest BCUT2D eigenvalue weighted by Crippen LogP contribution is -2.47. The lowest BCUT2D eigenvalue weighted by molar-refractivity contribution is -0.178. The van der Waals surface area contributed by atoms with Crippen LogP contribution in [0.25, 0.3) is 6.08 Å². The van der Waals surface area contributed by atoms with Crippen molar-refractivity contribution in [2.24, 2.45) is 5.92 Å². The number of hydrogen-bond acceptors (Lipinski definition) is 7. The van der Waals surface area contributed by atoms with Crippen molar-refractivity contribution in [3.63, 3.8) is 0 Å². The van der Waals surface area contributed by atoms with Gasteiger partial charge >= 0.3 is 23.9 Å². The molecule has 7 nitrogen and oxygen atoms in total. The minimum Gasteiger partial charge on any atom is -0.465 e. The van der Waals surface area contributed by atoms with E-state index in [1.807, 2.05) is 30.3 Å². The Bertz CT molecular complexity index is 707. The Labute approximate surface area is 144 Å². The van der Waals surface area contributed by atoms with Gasteiger partial charge in [-0.3, -0.25) is 14.4 Å². The first-order chi connectivity index (χ1) is 11.8. The number of esters is 4. The predicted molar refractivity (Wildman–Crippen MR) is 85.8 cm³/mol. The van der Waals surface area contributed by atoms with Gasteiger partial charge in [-0.2, -0.15) is 0 Å². The lowest BCUT2D eigenvalue weighted by Gasteiger charge is -2.30. The maximum atomic E-state index is 12.2. The first-order valence-electron chi connectivity index (χ1n) is 7.65. The zero-order valence-electron chi connectivity index (χ0n) is 13.9. The zero-order chi connectivity index (χ0) is 18.4. The summed E-state index contributed by atoms with van der Waals surface area (Å²) in [5.74, 6) is -3.95. The second-order valence-corrected chi connectivity index (χ2v) is 5.60. The lowest BCUT2D eigenvalue weighted by atomic mass is 9.85. The molecule has 1 aromatic rings. The maximum absolute atomic E-state index is 12.2. The van der Waals surface area contributed by atoms with Crippen LogP contribution in [0.1, 0.15) is 25.8 Å². The van der Waals surface area contributed by atoms with Gasteiger partial charge in [0, 0.05) is 13.8 Å². The van der Waals surface area contributed by atoms with Gasteiger partial charge in [0.1, 0.15) is 6.61 Å². The Kier molecular flexibility index (Phi) is 5.69. The van der Waals surface area contributed by atoms with Gasteiger partial charge < -0.3 is 14.2 Å². The fourth-order valence-corrected chi connectivity index (χ4v) is 2.55. The Balaban J connectivity index is 2.37. The highest BCUT2D eigenvalue weighted by atomic mass is 16.6. The highest BCUT2D eigenvalue weighted by Crippen LogP contribution is 2.35. The van der Waals surface area contributed by atoms with Crippen LogP contribution in [0.2, 0.25) is 0 Å². The van der Waals surface area contributed by atoms with Crippen molar-refractivity contribution in [2.75, 3.05) is 6.61 Å². The van der Waals surface area contributed by atoms with E-state index in [1.54, 1.807) is 12.2 Å². The highest BCUT2D eigenvalue weighted by Gasteiger charge is 2.57. The summed E-state index contributed by atoms with van der Waals surface area (Å²) in [5, 5.41) is 0. The van der Waals surface area contributed by atoms with Crippen LogP contribution < -0.4 is 0 Å². The monoisotopic (exact) mass is 346 g/mol. The van der Waals surface area contributed by atoms with E-state index in [0.717, 1.165) is 12.5 Å². The van der Waals surface area contributed by atoms with Crippen molar-refractivity contribution in [1.29, 1.82) is 0 Å². The second-order valence-electron chi connectivity index (χ2n) is 5.60. The molecule has 0 saturated carbocycles. The number of cyclic esters (lactones) is 2. The van der Waals surface area contributed by atoms with Crippen LogP contribution in [-0.2, 0) is 33.4 Å². The summed E-state index contributed by atoms with van der Waals surface area (Å²) in [6, 6.07) is 9.17. The normalized spacial score (nSPS) is 21.0. The molecule has 25 heavy (non-hydrogen) atoms. The molecule has 0 bridgehead atoms. The van der Waals surface area contributed by atoms with Gasteiger partial charge in [-0.25, -0.2) is 4.79 Å². The standard InChI is InChI=1S/C18H18O7/c1-12(19)23-11-15(9-8-14-6-4-3-5-7-14)18(25-13(2)20)10-16(21)24-17(18)22/h3-9,15H,10-11H2,1-2H3/b9-8+/t15-,18+/m1/s1. The van der Waals surface area contributed by atoms with E-state index in [0.29, 0.717) is 0 Å². The summed E-state index contributed by atoms with van der Waals surface area (Å²) in [6.45, 7) is 2.10. The topological polar surface area (TPSA) is 96.0 Å². The molecule has 7 heteroatoms. The van der Waals surface area contributed by atoms with Crippen LogP contribution in [0.3, 0.4) is 0 Å². The zero-order valence-corrected chi connectivity index (χ0v) is 13.9. The van der Waals surface area contributed by atoms with Crippen molar-refractivity contribution >= 4 is 30.0 Å². The molecule has 1 aliphatic heterocycles. The molecule has 1 aliphatic rings. The first kappa shape index (κ1) is 18.4. The molecule has 2 atom stereocenters. The van der Waals surface area contributed by atoms with Crippen molar-refractivity contribution in [3.05, 3.63) is 42.0 Å². The molecule has 2 rings (SSSR count). The average Bonchev–Trinajstić information content (AvgIpc) is 2.81. The van der Waals surface area contributed by atoms with Crippen LogP contribution >= 0.6 is 0 Å². The van der Waals surface area contributed by atoms with Gasteiger partial charge in [0.25, 0.3) is 0 Å². The molecule has 0 unspecified atom stereocenters. The summed E-state index contributed by atoms with van der Waals surface area (Å²) < 4.78 is 14.8. The van der Waals surface area contributed by atoms with Crippen molar-refractivity contribution in [3.8, 4) is 0 Å². The van der Waals surface area contributed by atoms with Gasteiger partial charge in [0.15, 0.2) is 0 Å². The number of ether oxygens (including phenoxy) is 3. The Morgan fingerprint density at radius 3 is 2.40 bits per heavy atom. The fourth-order valence-electron chi connectivity index (χ4n) is 2.55. The molecule has 0 radical (unpaired) electrons. The Hall–Kier alpha value is -2.96. The first-order valence-corrected chi connectivity index (χ1v) is 7.65. The molecule has 0 aromatic heterocycles. The van der Waals surface area contributed by atoms with Crippen molar-refractivity contribution in [2.45, 2.75) is 25.9 Å². The van der Waals surface area contributed by atoms with E-state index in [9.17, 15) is 19.2 Å². The molecule has 132 valence electrons. The van der Waals surface area contributed by atoms with E-state index in [2.05, 4.69) is 4.74 Å². The van der Waals surface area contributed by atoms with Crippen LogP contribution in [0.15, 0.2) is 36.4 Å². The molecule has 0 N–H and O–H groups in total. The number of rotatable bonds is 6. The summed E-state index contributed by atoms with van der Waals surface area (Å²) in [6.07, 6.45) is 2.83. The van der Waals surface area contributed by atoms with E-state index in [1.165, 1.54) is 6.92 Å². The van der Waals surface area contributed by atoms with Gasteiger partial charge in [0.2, 0.25) is 5.60 Å². The molecule has 0 spiro atoms. The minimum atomic E-state index is -1.84. The Morgan fingerprint density at radius 1 is 1.20 bits per heavy atom. The summed E-state index contributed by atoms with van der Waals surface area (Å²) in [5.41, 5.74) is -1.02. The summed E-state index contributed by atoms with van der Waals surface area (Å²) in [4.78, 5) is 46.5. The minimum absolute atomic E-state index is 0.242. The number of hydrogen-bond donors (Lipinski definition) is 0. The Morgan fingerprint density at radius 2 is 1.88 bits per heavy atom. The average molecular weight is 346 g/mol. The fraction of sp³-hybridized carbons (Fsp3) is 0.333. The number of benzene rings is 1. The number of carbonyl (C=O) groups is 4. The van der Waals surface area contributed by atoms with Crippen LogP contribution in [0.4, 0.5) is 0 Å². The molecule has 0 aliphatic carbocycles. The van der Waals surface area contributed by atoms with E-state index >= 15 is 0 Å². The van der Waals surface area contributed by atoms with Gasteiger partial charge in [-0.05, 0) is 5.56 Å². The van der Waals surface area contributed by atoms with E-state index in [4.69, 9.17) is 9.47 Å².